The molecule has 0 atom stereocenters. The first-order valence-corrected chi connectivity index (χ1v) is 4.83. The molecule has 0 spiro atoms. The maximum Gasteiger partial charge on any atom is 1.00 e. The van der Waals surface area contributed by atoms with Crippen LogP contribution in [0.25, 0.3) is 0 Å². The molecule has 0 heterocycles. The van der Waals surface area contributed by atoms with E-state index in [0.717, 1.165) is 11.1 Å². The molecule has 4 nitrogen and oxygen atoms in total. The molecule has 0 aliphatic heterocycles. The van der Waals surface area contributed by atoms with Crippen molar-refractivity contribution >= 4 is 5.97 Å². The Hall–Kier alpha value is -0.550. The molecule has 17 heavy (non-hydrogen) atoms. The molecular formula is C12H17NaO4. The molecule has 0 bridgehead atoms. The maximum absolute atomic E-state index is 10.9. The third-order valence-corrected chi connectivity index (χ3v) is 2.44. The van der Waals surface area contributed by atoms with Crippen LogP contribution in [0, 0.1) is 13.8 Å². The molecule has 0 radical (unpaired) electrons. The first-order valence-electron chi connectivity index (χ1n) is 4.83. The smallest absolute Gasteiger partial charge is 0.870 e. The SMILES string of the molecule is Cc1cccc(OC(C)(C)C(=O)O)c1C.[Na+].[OH-]. The van der Waals surface area contributed by atoms with Gasteiger partial charge in [0.15, 0.2) is 5.60 Å². The number of carboxylic acid groups (broad SMARTS) is 1. The van der Waals surface area contributed by atoms with Gasteiger partial charge in [-0.15, -0.1) is 0 Å². The van der Waals surface area contributed by atoms with E-state index in [2.05, 4.69) is 0 Å². The minimum atomic E-state index is -1.20. The van der Waals surface area contributed by atoms with Crippen molar-refractivity contribution in [2.45, 2.75) is 33.3 Å². The van der Waals surface area contributed by atoms with Crippen LogP contribution in [0.3, 0.4) is 0 Å². The van der Waals surface area contributed by atoms with Crippen molar-refractivity contribution in [3.63, 3.8) is 0 Å². The molecule has 0 aliphatic rings. The van der Waals surface area contributed by atoms with Gasteiger partial charge in [-0.2, -0.15) is 0 Å². The molecule has 0 unspecified atom stereocenters. The second-order valence-corrected chi connectivity index (χ2v) is 4.12. The number of aryl methyl sites for hydroxylation is 1. The van der Waals surface area contributed by atoms with Crippen LogP contribution < -0.4 is 34.3 Å². The first-order chi connectivity index (χ1) is 6.84. The number of hydrogen-bond donors (Lipinski definition) is 1. The summed E-state index contributed by atoms with van der Waals surface area (Å²) in [5, 5.41) is 8.94. The number of carbonyl (C=O) groups is 1. The molecule has 90 valence electrons. The monoisotopic (exact) mass is 248 g/mol. The number of carboxylic acids is 1. The minimum Gasteiger partial charge on any atom is -0.870 e. The predicted molar refractivity (Wildman–Crippen MR) is 60.2 cm³/mol. The van der Waals surface area contributed by atoms with Crippen LogP contribution in [-0.4, -0.2) is 22.2 Å². The van der Waals surface area contributed by atoms with E-state index in [4.69, 9.17) is 9.84 Å². The maximum atomic E-state index is 10.9. The molecule has 1 aromatic carbocycles. The van der Waals surface area contributed by atoms with Gasteiger partial charge >= 0.3 is 35.5 Å². The van der Waals surface area contributed by atoms with Gasteiger partial charge in [0, 0.05) is 0 Å². The largest absolute Gasteiger partial charge is 1.00 e. The summed E-state index contributed by atoms with van der Waals surface area (Å²) >= 11 is 0. The average molecular weight is 248 g/mol. The van der Waals surface area contributed by atoms with Crippen molar-refractivity contribution < 1.29 is 49.7 Å². The third-order valence-electron chi connectivity index (χ3n) is 2.44. The fourth-order valence-corrected chi connectivity index (χ4v) is 1.15. The zero-order chi connectivity index (χ0) is 11.6. The van der Waals surface area contributed by atoms with Gasteiger partial charge in [0.25, 0.3) is 0 Å². The van der Waals surface area contributed by atoms with E-state index in [1.165, 1.54) is 13.8 Å². The van der Waals surface area contributed by atoms with Crippen LogP contribution in [0.5, 0.6) is 5.75 Å². The Bertz CT molecular complexity index is 388. The van der Waals surface area contributed by atoms with Crippen LogP contribution in [-0.2, 0) is 4.79 Å². The summed E-state index contributed by atoms with van der Waals surface area (Å²) in [6.45, 7) is 6.97. The van der Waals surface area contributed by atoms with Crippen molar-refractivity contribution in [2.75, 3.05) is 0 Å². The Morgan fingerprint density at radius 3 is 2.29 bits per heavy atom. The van der Waals surface area contributed by atoms with E-state index in [9.17, 15) is 4.79 Å². The van der Waals surface area contributed by atoms with E-state index in [1.807, 2.05) is 26.0 Å². The Balaban J connectivity index is 0. The molecule has 2 N–H and O–H groups in total. The number of rotatable bonds is 3. The summed E-state index contributed by atoms with van der Waals surface area (Å²) in [4.78, 5) is 10.9. The van der Waals surface area contributed by atoms with Crippen molar-refractivity contribution in [3.8, 4) is 5.75 Å². The molecule has 0 amide bonds. The molecule has 0 aromatic heterocycles. The standard InChI is InChI=1S/C12H16O3.Na.H2O/c1-8-6-5-7-10(9(8)2)15-12(3,4)11(13)14;;/h5-7H,1-4H3,(H,13,14);;1H2/q;+1;/p-1. The van der Waals surface area contributed by atoms with Crippen LogP contribution in [0.4, 0.5) is 0 Å². The molecule has 0 saturated heterocycles. The Morgan fingerprint density at radius 1 is 1.29 bits per heavy atom. The zero-order valence-corrected chi connectivity index (χ0v) is 12.9. The minimum absolute atomic E-state index is 0. The van der Waals surface area contributed by atoms with E-state index in [1.54, 1.807) is 6.07 Å². The van der Waals surface area contributed by atoms with Crippen molar-refractivity contribution in [2.24, 2.45) is 0 Å². The second kappa shape index (κ2) is 7.01. The quantitative estimate of drug-likeness (QED) is 0.723. The van der Waals surface area contributed by atoms with Crippen molar-refractivity contribution in [3.05, 3.63) is 29.3 Å². The summed E-state index contributed by atoms with van der Waals surface area (Å²) in [7, 11) is 0. The first kappa shape index (κ1) is 18.8. The Kier molecular flexibility index (Phi) is 7.76. The summed E-state index contributed by atoms with van der Waals surface area (Å²) < 4.78 is 5.48. The number of benzene rings is 1. The van der Waals surface area contributed by atoms with Gasteiger partial charge in [-0.1, -0.05) is 12.1 Å². The van der Waals surface area contributed by atoms with Crippen LogP contribution in [0.15, 0.2) is 18.2 Å². The molecular weight excluding hydrogens is 231 g/mol. The molecule has 5 heteroatoms. The van der Waals surface area contributed by atoms with Crippen molar-refractivity contribution in [1.29, 1.82) is 0 Å². The van der Waals surface area contributed by atoms with Gasteiger partial charge < -0.3 is 15.3 Å². The summed E-state index contributed by atoms with van der Waals surface area (Å²) in [6.07, 6.45) is 0. The zero-order valence-electron chi connectivity index (χ0n) is 10.9. The van der Waals surface area contributed by atoms with Crippen LogP contribution >= 0.6 is 0 Å². The average Bonchev–Trinajstić information content (AvgIpc) is 2.12. The summed E-state index contributed by atoms with van der Waals surface area (Å²) in [5.41, 5.74) is 0.874. The van der Waals surface area contributed by atoms with E-state index in [-0.39, 0.29) is 35.0 Å². The van der Waals surface area contributed by atoms with Gasteiger partial charge in [-0.25, -0.2) is 4.79 Å². The van der Waals surface area contributed by atoms with Gasteiger partial charge in [0.2, 0.25) is 0 Å². The molecule has 0 fully saturated rings. The number of hydrogen-bond acceptors (Lipinski definition) is 3. The predicted octanol–water partition coefficient (Wildman–Crippen LogP) is -0.627. The normalized spacial score (nSPS) is 9.88. The summed E-state index contributed by atoms with van der Waals surface area (Å²) in [6, 6.07) is 5.61. The Labute approximate surface area is 124 Å². The summed E-state index contributed by atoms with van der Waals surface area (Å²) in [5.74, 6) is -0.342. The third kappa shape index (κ3) is 4.68. The van der Waals surface area contributed by atoms with E-state index in [0.29, 0.717) is 5.75 Å². The molecule has 1 rings (SSSR count). The van der Waals surface area contributed by atoms with Gasteiger partial charge in [0.1, 0.15) is 5.75 Å². The molecule has 0 saturated carbocycles. The Morgan fingerprint density at radius 2 is 1.82 bits per heavy atom. The van der Waals surface area contributed by atoms with Gasteiger partial charge in [-0.3, -0.25) is 0 Å². The molecule has 1 aromatic rings. The van der Waals surface area contributed by atoms with Gasteiger partial charge in [0.05, 0.1) is 0 Å². The van der Waals surface area contributed by atoms with Gasteiger partial charge in [-0.05, 0) is 44.9 Å². The number of aliphatic carboxylic acids is 1. The van der Waals surface area contributed by atoms with Crippen LogP contribution in [0.1, 0.15) is 25.0 Å². The van der Waals surface area contributed by atoms with Crippen molar-refractivity contribution in [1.82, 2.24) is 0 Å². The van der Waals surface area contributed by atoms with E-state index < -0.39 is 11.6 Å². The van der Waals surface area contributed by atoms with E-state index >= 15 is 0 Å². The van der Waals surface area contributed by atoms with Crippen LogP contribution in [0.2, 0.25) is 0 Å². The fraction of sp³-hybridized carbons (Fsp3) is 0.417. The second-order valence-electron chi connectivity index (χ2n) is 4.12. The molecule has 0 aliphatic carbocycles. The number of ether oxygens (including phenoxy) is 1. The fourth-order valence-electron chi connectivity index (χ4n) is 1.15. The topological polar surface area (TPSA) is 76.5 Å².